The van der Waals surface area contributed by atoms with Gasteiger partial charge in [-0.2, -0.15) is 0 Å². The van der Waals surface area contributed by atoms with Crippen LogP contribution in [0.4, 0.5) is 0 Å². The van der Waals surface area contributed by atoms with Gasteiger partial charge in [-0.3, -0.25) is 4.79 Å². The molecule has 0 aromatic heterocycles. The third-order valence-electron chi connectivity index (χ3n) is 3.69. The Morgan fingerprint density at radius 3 is 2.72 bits per heavy atom. The second kappa shape index (κ2) is 5.89. The number of carbonyl (C=O) groups excluding carboxylic acids is 1. The number of piperidine rings is 1. The first-order valence-electron chi connectivity index (χ1n) is 6.79. The van der Waals surface area contributed by atoms with Gasteiger partial charge in [-0.05, 0) is 37.0 Å². The normalized spacial score (nSPS) is 16.8. The highest BCUT2D eigenvalue weighted by atomic mass is 16.3. The Bertz CT molecular complexity index is 409. The number of amides is 1. The van der Waals surface area contributed by atoms with Crippen molar-refractivity contribution >= 4 is 5.91 Å². The predicted molar refractivity (Wildman–Crippen MR) is 71.6 cm³/mol. The number of hydrogen-bond donors (Lipinski definition) is 1. The third-order valence-corrected chi connectivity index (χ3v) is 3.69. The number of hydrogen-bond acceptors (Lipinski definition) is 2. The standard InChI is InChI=1S/C15H21NO2/c1-2-4-12-7-9-16(10-8-12)15(18)13-5-3-6-14(17)11-13/h3,5-6,11-12,17H,2,4,7-10H2,1H3. The molecule has 1 aliphatic rings. The number of benzene rings is 1. The molecule has 1 N–H and O–H groups in total. The minimum atomic E-state index is 0.0425. The van der Waals surface area contributed by atoms with E-state index in [4.69, 9.17) is 0 Å². The lowest BCUT2D eigenvalue weighted by atomic mass is 9.92. The zero-order chi connectivity index (χ0) is 13.0. The summed E-state index contributed by atoms with van der Waals surface area (Å²) in [5.74, 6) is 0.978. The van der Waals surface area contributed by atoms with E-state index in [0.717, 1.165) is 31.8 Å². The maximum Gasteiger partial charge on any atom is 0.253 e. The lowest BCUT2D eigenvalue weighted by Crippen LogP contribution is -2.38. The largest absolute Gasteiger partial charge is 0.508 e. The number of phenolic OH excluding ortho intramolecular Hbond substituents is 1. The Labute approximate surface area is 108 Å². The van der Waals surface area contributed by atoms with Gasteiger partial charge in [0.05, 0.1) is 0 Å². The quantitative estimate of drug-likeness (QED) is 0.891. The van der Waals surface area contributed by atoms with Gasteiger partial charge in [0, 0.05) is 18.7 Å². The van der Waals surface area contributed by atoms with E-state index in [1.807, 2.05) is 4.90 Å². The van der Waals surface area contributed by atoms with Gasteiger partial charge in [0.25, 0.3) is 5.91 Å². The topological polar surface area (TPSA) is 40.5 Å². The lowest BCUT2D eigenvalue weighted by molar-refractivity contribution is 0.0686. The van der Waals surface area contributed by atoms with Crippen molar-refractivity contribution in [1.29, 1.82) is 0 Å². The number of nitrogens with zero attached hydrogens (tertiary/aromatic N) is 1. The first-order chi connectivity index (χ1) is 8.70. The fourth-order valence-electron chi connectivity index (χ4n) is 2.65. The molecule has 18 heavy (non-hydrogen) atoms. The second-order valence-electron chi connectivity index (χ2n) is 5.07. The van der Waals surface area contributed by atoms with E-state index in [-0.39, 0.29) is 11.7 Å². The highest BCUT2D eigenvalue weighted by molar-refractivity contribution is 5.94. The van der Waals surface area contributed by atoms with Crippen LogP contribution < -0.4 is 0 Å². The summed E-state index contributed by atoms with van der Waals surface area (Å²) in [7, 11) is 0. The Morgan fingerprint density at radius 1 is 1.39 bits per heavy atom. The van der Waals surface area contributed by atoms with Crippen molar-refractivity contribution < 1.29 is 9.90 Å². The van der Waals surface area contributed by atoms with Crippen LogP contribution in [0.25, 0.3) is 0 Å². The lowest BCUT2D eigenvalue weighted by Gasteiger charge is -2.32. The molecular weight excluding hydrogens is 226 g/mol. The van der Waals surface area contributed by atoms with Crippen LogP contribution in [0, 0.1) is 5.92 Å². The van der Waals surface area contributed by atoms with Crippen LogP contribution in [0.15, 0.2) is 24.3 Å². The van der Waals surface area contributed by atoms with Crippen LogP contribution in [0.1, 0.15) is 43.0 Å². The van der Waals surface area contributed by atoms with E-state index in [0.29, 0.717) is 5.56 Å². The second-order valence-corrected chi connectivity index (χ2v) is 5.07. The minimum absolute atomic E-state index is 0.0425. The molecule has 1 aromatic rings. The number of likely N-dealkylation sites (tertiary alicyclic amines) is 1. The summed E-state index contributed by atoms with van der Waals surface area (Å²) in [5.41, 5.74) is 0.587. The molecule has 1 fully saturated rings. The predicted octanol–water partition coefficient (Wildman–Crippen LogP) is 3.04. The van der Waals surface area contributed by atoms with Crippen LogP contribution >= 0.6 is 0 Å². The molecule has 2 rings (SSSR count). The Balaban J connectivity index is 1.95. The summed E-state index contributed by atoms with van der Waals surface area (Å²) in [6.07, 6.45) is 4.72. The Hall–Kier alpha value is -1.51. The summed E-state index contributed by atoms with van der Waals surface area (Å²) in [5, 5.41) is 9.40. The number of rotatable bonds is 3. The molecule has 0 radical (unpaired) electrons. The number of phenols is 1. The Morgan fingerprint density at radius 2 is 2.11 bits per heavy atom. The smallest absolute Gasteiger partial charge is 0.253 e. The molecule has 1 amide bonds. The molecular formula is C15H21NO2. The Kier molecular flexibility index (Phi) is 4.24. The van der Waals surface area contributed by atoms with Crippen LogP contribution in [-0.2, 0) is 0 Å². The first kappa shape index (κ1) is 12.9. The molecule has 1 heterocycles. The molecule has 0 saturated carbocycles. The van der Waals surface area contributed by atoms with Crippen molar-refractivity contribution in [3.63, 3.8) is 0 Å². The molecule has 98 valence electrons. The van der Waals surface area contributed by atoms with Gasteiger partial charge < -0.3 is 10.0 Å². The van der Waals surface area contributed by atoms with E-state index in [2.05, 4.69) is 6.92 Å². The van der Waals surface area contributed by atoms with E-state index < -0.39 is 0 Å². The van der Waals surface area contributed by atoms with Gasteiger partial charge >= 0.3 is 0 Å². The average molecular weight is 247 g/mol. The number of carbonyl (C=O) groups is 1. The van der Waals surface area contributed by atoms with Gasteiger partial charge in [0.2, 0.25) is 0 Å². The molecule has 0 bridgehead atoms. The average Bonchev–Trinajstić information content (AvgIpc) is 2.39. The summed E-state index contributed by atoms with van der Waals surface area (Å²) in [4.78, 5) is 14.1. The molecule has 0 atom stereocenters. The first-order valence-corrected chi connectivity index (χ1v) is 6.79. The van der Waals surface area contributed by atoms with Crippen molar-refractivity contribution in [1.82, 2.24) is 4.90 Å². The van der Waals surface area contributed by atoms with Crippen LogP contribution in [0.5, 0.6) is 5.75 Å². The maximum atomic E-state index is 12.2. The summed E-state index contributed by atoms with van der Waals surface area (Å²) < 4.78 is 0. The molecule has 3 nitrogen and oxygen atoms in total. The highest BCUT2D eigenvalue weighted by Gasteiger charge is 2.23. The van der Waals surface area contributed by atoms with Crippen LogP contribution in [0.2, 0.25) is 0 Å². The van der Waals surface area contributed by atoms with Gasteiger partial charge in [0.1, 0.15) is 5.75 Å². The fourth-order valence-corrected chi connectivity index (χ4v) is 2.65. The zero-order valence-corrected chi connectivity index (χ0v) is 10.9. The monoisotopic (exact) mass is 247 g/mol. The molecule has 1 saturated heterocycles. The van der Waals surface area contributed by atoms with Gasteiger partial charge in [0.15, 0.2) is 0 Å². The van der Waals surface area contributed by atoms with Crippen molar-refractivity contribution in [3.05, 3.63) is 29.8 Å². The summed E-state index contributed by atoms with van der Waals surface area (Å²) >= 11 is 0. The van der Waals surface area contributed by atoms with Crippen molar-refractivity contribution in [2.24, 2.45) is 5.92 Å². The molecule has 3 heteroatoms. The highest BCUT2D eigenvalue weighted by Crippen LogP contribution is 2.23. The maximum absolute atomic E-state index is 12.2. The molecule has 0 aliphatic carbocycles. The van der Waals surface area contributed by atoms with Gasteiger partial charge in [-0.25, -0.2) is 0 Å². The molecule has 1 aromatic carbocycles. The summed E-state index contributed by atoms with van der Waals surface area (Å²) in [6.45, 7) is 3.91. The van der Waals surface area contributed by atoms with Crippen molar-refractivity contribution in [3.8, 4) is 5.75 Å². The minimum Gasteiger partial charge on any atom is -0.508 e. The fraction of sp³-hybridized carbons (Fsp3) is 0.533. The van der Waals surface area contributed by atoms with Crippen LogP contribution in [-0.4, -0.2) is 29.0 Å². The van der Waals surface area contributed by atoms with Gasteiger partial charge in [-0.1, -0.05) is 25.8 Å². The van der Waals surface area contributed by atoms with Crippen molar-refractivity contribution in [2.45, 2.75) is 32.6 Å². The van der Waals surface area contributed by atoms with Crippen LogP contribution in [0.3, 0.4) is 0 Å². The van der Waals surface area contributed by atoms with Crippen molar-refractivity contribution in [2.75, 3.05) is 13.1 Å². The zero-order valence-electron chi connectivity index (χ0n) is 10.9. The third kappa shape index (κ3) is 3.03. The van der Waals surface area contributed by atoms with E-state index >= 15 is 0 Å². The number of aromatic hydroxyl groups is 1. The van der Waals surface area contributed by atoms with E-state index in [1.165, 1.54) is 12.8 Å². The van der Waals surface area contributed by atoms with E-state index in [1.54, 1.807) is 24.3 Å². The van der Waals surface area contributed by atoms with E-state index in [9.17, 15) is 9.90 Å². The summed E-state index contributed by atoms with van der Waals surface area (Å²) in [6, 6.07) is 6.61. The SMILES string of the molecule is CCCC1CCN(C(=O)c2cccc(O)c2)CC1. The van der Waals surface area contributed by atoms with Gasteiger partial charge in [-0.15, -0.1) is 0 Å². The molecule has 0 unspecified atom stereocenters. The molecule has 0 spiro atoms. The molecule has 1 aliphatic heterocycles.